The molecule has 0 bridgehead atoms. The van der Waals surface area contributed by atoms with Gasteiger partial charge in [0.2, 0.25) is 5.89 Å². The predicted molar refractivity (Wildman–Crippen MR) is 67.4 cm³/mol. The highest BCUT2D eigenvalue weighted by Gasteiger charge is 2.37. The molecular weight excluding hydrogens is 232 g/mol. The Hall–Kier alpha value is -1.39. The summed E-state index contributed by atoms with van der Waals surface area (Å²) in [6, 6.07) is 0. The summed E-state index contributed by atoms with van der Waals surface area (Å²) >= 11 is 0. The van der Waals surface area contributed by atoms with Gasteiger partial charge in [-0.15, -0.1) is 0 Å². The van der Waals surface area contributed by atoms with E-state index in [9.17, 15) is 9.90 Å². The second-order valence-corrected chi connectivity index (χ2v) is 4.82. The molecule has 0 aliphatic rings. The highest BCUT2D eigenvalue weighted by Crippen LogP contribution is 2.31. The SMILES string of the molecule is CCC(C)c1noc(CC(CC)(CC)C(=O)O)n1. The van der Waals surface area contributed by atoms with Crippen LogP contribution in [0.25, 0.3) is 0 Å². The van der Waals surface area contributed by atoms with Crippen molar-refractivity contribution in [2.75, 3.05) is 0 Å². The van der Waals surface area contributed by atoms with Gasteiger partial charge in [-0.05, 0) is 19.3 Å². The third kappa shape index (κ3) is 2.89. The Labute approximate surface area is 108 Å². The molecule has 1 unspecified atom stereocenters. The first-order chi connectivity index (χ1) is 8.49. The van der Waals surface area contributed by atoms with E-state index in [1.54, 1.807) is 0 Å². The molecule has 0 spiro atoms. The number of aromatic nitrogens is 2. The molecule has 0 aliphatic heterocycles. The summed E-state index contributed by atoms with van der Waals surface area (Å²) in [5, 5.41) is 13.3. The molecule has 1 N–H and O–H groups in total. The minimum Gasteiger partial charge on any atom is -0.481 e. The van der Waals surface area contributed by atoms with E-state index < -0.39 is 11.4 Å². The van der Waals surface area contributed by atoms with Crippen LogP contribution in [0.3, 0.4) is 0 Å². The molecule has 5 heteroatoms. The van der Waals surface area contributed by atoms with Crippen molar-refractivity contribution < 1.29 is 14.4 Å². The number of hydrogen-bond donors (Lipinski definition) is 1. The van der Waals surface area contributed by atoms with Crippen molar-refractivity contribution in [3.05, 3.63) is 11.7 Å². The maximum atomic E-state index is 11.4. The van der Waals surface area contributed by atoms with Crippen LogP contribution < -0.4 is 0 Å². The summed E-state index contributed by atoms with van der Waals surface area (Å²) in [6.45, 7) is 7.84. The fourth-order valence-electron chi connectivity index (χ4n) is 1.89. The third-order valence-corrected chi connectivity index (χ3v) is 3.83. The molecule has 5 nitrogen and oxygen atoms in total. The first-order valence-corrected chi connectivity index (χ1v) is 6.55. The molecule has 0 saturated carbocycles. The number of nitrogens with zero attached hydrogens (tertiary/aromatic N) is 2. The number of carboxylic acid groups (broad SMARTS) is 1. The Morgan fingerprint density at radius 2 is 2.00 bits per heavy atom. The molecule has 0 radical (unpaired) electrons. The summed E-state index contributed by atoms with van der Waals surface area (Å²) in [5.74, 6) is 0.538. The van der Waals surface area contributed by atoms with Crippen LogP contribution in [0.5, 0.6) is 0 Å². The van der Waals surface area contributed by atoms with E-state index in [1.807, 2.05) is 20.8 Å². The Morgan fingerprint density at radius 1 is 1.39 bits per heavy atom. The van der Waals surface area contributed by atoms with Crippen molar-refractivity contribution >= 4 is 5.97 Å². The molecule has 102 valence electrons. The second kappa shape index (κ2) is 5.98. The lowest BCUT2D eigenvalue weighted by atomic mass is 9.79. The molecule has 1 heterocycles. The van der Waals surface area contributed by atoms with Crippen LogP contribution in [0.2, 0.25) is 0 Å². The lowest BCUT2D eigenvalue weighted by Crippen LogP contribution is -2.32. The number of carbonyl (C=O) groups is 1. The molecule has 0 fully saturated rings. The van der Waals surface area contributed by atoms with Gasteiger partial charge < -0.3 is 9.63 Å². The average Bonchev–Trinajstić information content (AvgIpc) is 2.83. The van der Waals surface area contributed by atoms with Gasteiger partial charge in [-0.2, -0.15) is 4.98 Å². The van der Waals surface area contributed by atoms with Crippen LogP contribution in [0.4, 0.5) is 0 Å². The molecule has 1 rings (SSSR count). The monoisotopic (exact) mass is 254 g/mol. The maximum absolute atomic E-state index is 11.4. The lowest BCUT2D eigenvalue weighted by Gasteiger charge is -2.24. The van der Waals surface area contributed by atoms with Crippen molar-refractivity contribution in [1.82, 2.24) is 10.1 Å². The Morgan fingerprint density at radius 3 is 2.44 bits per heavy atom. The minimum absolute atomic E-state index is 0.241. The minimum atomic E-state index is -0.796. The van der Waals surface area contributed by atoms with Gasteiger partial charge in [0, 0.05) is 12.3 Å². The molecule has 0 amide bonds. The standard InChI is InChI=1S/C13H22N2O3/c1-5-9(4)11-14-10(18-15-11)8-13(6-2,7-3)12(16)17/h9H,5-8H2,1-4H3,(H,16,17). The summed E-state index contributed by atoms with van der Waals surface area (Å²) < 4.78 is 5.17. The van der Waals surface area contributed by atoms with Gasteiger partial charge in [0.1, 0.15) is 0 Å². The highest BCUT2D eigenvalue weighted by molar-refractivity contribution is 5.74. The number of hydrogen-bond acceptors (Lipinski definition) is 4. The smallest absolute Gasteiger partial charge is 0.310 e. The van der Waals surface area contributed by atoms with Crippen LogP contribution in [0.15, 0.2) is 4.52 Å². The van der Waals surface area contributed by atoms with Crippen LogP contribution >= 0.6 is 0 Å². The van der Waals surface area contributed by atoms with Gasteiger partial charge >= 0.3 is 5.97 Å². The molecular formula is C13H22N2O3. The van der Waals surface area contributed by atoms with Crippen molar-refractivity contribution in [3.8, 4) is 0 Å². The van der Waals surface area contributed by atoms with Gasteiger partial charge in [0.05, 0.1) is 5.41 Å². The van der Waals surface area contributed by atoms with E-state index in [0.717, 1.165) is 6.42 Å². The number of carboxylic acids is 1. The van der Waals surface area contributed by atoms with Gasteiger partial charge in [-0.25, -0.2) is 0 Å². The zero-order chi connectivity index (χ0) is 13.8. The molecule has 1 aromatic heterocycles. The molecule has 1 aromatic rings. The number of aliphatic carboxylic acids is 1. The topological polar surface area (TPSA) is 76.2 Å². The maximum Gasteiger partial charge on any atom is 0.310 e. The molecule has 0 saturated heterocycles. The van der Waals surface area contributed by atoms with Crippen molar-refractivity contribution in [3.63, 3.8) is 0 Å². The second-order valence-electron chi connectivity index (χ2n) is 4.82. The van der Waals surface area contributed by atoms with Crippen molar-refractivity contribution in [2.45, 2.75) is 59.3 Å². The van der Waals surface area contributed by atoms with E-state index >= 15 is 0 Å². The molecule has 18 heavy (non-hydrogen) atoms. The fourth-order valence-corrected chi connectivity index (χ4v) is 1.89. The largest absolute Gasteiger partial charge is 0.481 e. The van der Waals surface area contributed by atoms with E-state index in [4.69, 9.17) is 4.52 Å². The molecule has 1 atom stereocenters. The van der Waals surface area contributed by atoms with Gasteiger partial charge in [0.25, 0.3) is 0 Å². The summed E-state index contributed by atoms with van der Waals surface area (Å²) in [4.78, 5) is 15.7. The predicted octanol–water partition coefficient (Wildman–Crippen LogP) is 3.02. The summed E-state index contributed by atoms with van der Waals surface area (Å²) in [5.41, 5.74) is -0.792. The van der Waals surface area contributed by atoms with E-state index in [1.165, 1.54) is 0 Å². The number of rotatable bonds is 7. The first-order valence-electron chi connectivity index (χ1n) is 6.55. The van der Waals surface area contributed by atoms with Gasteiger partial charge in [-0.1, -0.05) is 32.9 Å². The highest BCUT2D eigenvalue weighted by atomic mass is 16.5. The fraction of sp³-hybridized carbons (Fsp3) is 0.769. The molecule has 0 aromatic carbocycles. The Balaban J connectivity index is 2.88. The van der Waals surface area contributed by atoms with E-state index in [2.05, 4.69) is 17.1 Å². The van der Waals surface area contributed by atoms with Crippen LogP contribution in [-0.2, 0) is 11.2 Å². The summed E-state index contributed by atoms with van der Waals surface area (Å²) in [7, 11) is 0. The van der Waals surface area contributed by atoms with E-state index in [-0.39, 0.29) is 5.92 Å². The van der Waals surface area contributed by atoms with Crippen molar-refractivity contribution in [2.24, 2.45) is 5.41 Å². The van der Waals surface area contributed by atoms with Gasteiger partial charge in [0.15, 0.2) is 5.82 Å². The zero-order valence-corrected chi connectivity index (χ0v) is 11.6. The summed E-state index contributed by atoms with van der Waals surface area (Å²) in [6.07, 6.45) is 2.35. The van der Waals surface area contributed by atoms with Crippen LogP contribution in [0.1, 0.15) is 64.6 Å². The van der Waals surface area contributed by atoms with Gasteiger partial charge in [-0.3, -0.25) is 4.79 Å². The zero-order valence-electron chi connectivity index (χ0n) is 11.6. The van der Waals surface area contributed by atoms with E-state index in [0.29, 0.717) is 31.0 Å². The first kappa shape index (κ1) is 14.7. The molecule has 0 aliphatic carbocycles. The van der Waals surface area contributed by atoms with Crippen LogP contribution in [-0.4, -0.2) is 21.2 Å². The van der Waals surface area contributed by atoms with Crippen molar-refractivity contribution in [1.29, 1.82) is 0 Å². The van der Waals surface area contributed by atoms with Crippen LogP contribution in [0, 0.1) is 5.41 Å². The quantitative estimate of drug-likeness (QED) is 0.809. The normalized spacial score (nSPS) is 13.6. The Bertz CT molecular complexity index is 397. The Kier molecular flexibility index (Phi) is 4.87. The average molecular weight is 254 g/mol. The lowest BCUT2D eigenvalue weighted by molar-refractivity contribution is -0.149. The third-order valence-electron chi connectivity index (χ3n) is 3.83.